The number of nitrogens with one attached hydrogen (secondary N) is 1. The van der Waals surface area contributed by atoms with Crippen LogP contribution in [0.3, 0.4) is 0 Å². The largest absolute Gasteiger partial charge is 0.322 e. The Morgan fingerprint density at radius 3 is 2.90 bits per heavy atom. The van der Waals surface area contributed by atoms with E-state index in [0.717, 1.165) is 11.3 Å². The van der Waals surface area contributed by atoms with E-state index in [1.807, 2.05) is 32.1 Å². The van der Waals surface area contributed by atoms with Gasteiger partial charge in [-0.2, -0.15) is 5.10 Å². The summed E-state index contributed by atoms with van der Waals surface area (Å²) >= 11 is 5.91. The summed E-state index contributed by atoms with van der Waals surface area (Å²) < 4.78 is 1.77. The van der Waals surface area contributed by atoms with Crippen LogP contribution in [0, 0.1) is 6.92 Å². The van der Waals surface area contributed by atoms with E-state index < -0.39 is 0 Å². The highest BCUT2D eigenvalue weighted by Gasteiger charge is 2.11. The Hall–Kier alpha value is -1.92. The molecule has 2 aromatic rings. The number of carbonyl (C=O) groups is 1. The van der Waals surface area contributed by atoms with Crippen molar-refractivity contribution in [3.8, 4) is 0 Å². The van der Waals surface area contributed by atoms with Crippen molar-refractivity contribution in [2.75, 3.05) is 18.9 Å². The van der Waals surface area contributed by atoms with Crippen LogP contribution in [0.5, 0.6) is 0 Å². The molecule has 21 heavy (non-hydrogen) atoms. The maximum absolute atomic E-state index is 12.0. The van der Waals surface area contributed by atoms with Gasteiger partial charge in [0.2, 0.25) is 5.91 Å². The lowest BCUT2D eigenvalue weighted by molar-refractivity contribution is -0.117. The molecule has 0 aliphatic heterocycles. The van der Waals surface area contributed by atoms with Gasteiger partial charge in [-0.05, 0) is 26.1 Å². The van der Waals surface area contributed by atoms with E-state index in [-0.39, 0.29) is 17.6 Å². The van der Waals surface area contributed by atoms with E-state index >= 15 is 0 Å². The molecule has 112 valence electrons. The molecule has 2 rings (SSSR count). The van der Waals surface area contributed by atoms with Gasteiger partial charge in [-0.3, -0.25) is 14.4 Å². The second-order valence-corrected chi connectivity index (χ2v) is 5.33. The zero-order valence-corrected chi connectivity index (χ0v) is 13.1. The van der Waals surface area contributed by atoms with Crippen molar-refractivity contribution in [2.24, 2.45) is 7.05 Å². The third kappa shape index (κ3) is 4.27. The first-order valence-corrected chi connectivity index (χ1v) is 6.91. The molecule has 0 radical (unpaired) electrons. The quantitative estimate of drug-likeness (QED) is 0.856. The first-order valence-electron chi connectivity index (χ1n) is 6.53. The molecule has 0 atom stereocenters. The van der Waals surface area contributed by atoms with Crippen molar-refractivity contribution in [1.82, 2.24) is 19.7 Å². The predicted molar refractivity (Wildman–Crippen MR) is 82.2 cm³/mol. The molecule has 0 spiro atoms. The number of carbonyl (C=O) groups excluding carboxylic acids is 1. The topological polar surface area (TPSA) is 63.1 Å². The molecule has 0 aliphatic rings. The molecular formula is C14H18ClN5O. The zero-order chi connectivity index (χ0) is 15.4. The van der Waals surface area contributed by atoms with Crippen LogP contribution >= 0.6 is 11.6 Å². The number of nitrogens with zero attached hydrogens (tertiary/aromatic N) is 4. The van der Waals surface area contributed by atoms with Crippen molar-refractivity contribution in [3.05, 3.63) is 40.9 Å². The molecule has 0 unspecified atom stereocenters. The highest BCUT2D eigenvalue weighted by atomic mass is 35.5. The molecule has 0 fully saturated rings. The second-order valence-electron chi connectivity index (χ2n) is 4.98. The summed E-state index contributed by atoms with van der Waals surface area (Å²) in [5.74, 6) is -0.131. The fourth-order valence-electron chi connectivity index (χ4n) is 2.06. The van der Waals surface area contributed by atoms with Gasteiger partial charge < -0.3 is 5.32 Å². The number of halogens is 1. The third-order valence-electron chi connectivity index (χ3n) is 3.00. The third-order valence-corrected chi connectivity index (χ3v) is 3.30. The molecule has 1 N–H and O–H groups in total. The minimum absolute atomic E-state index is 0.131. The summed E-state index contributed by atoms with van der Waals surface area (Å²) in [5.41, 5.74) is 2.60. The number of aromatic nitrogens is 3. The van der Waals surface area contributed by atoms with Gasteiger partial charge in [-0.15, -0.1) is 0 Å². The lowest BCUT2D eigenvalue weighted by Gasteiger charge is -2.16. The number of amides is 1. The van der Waals surface area contributed by atoms with Crippen molar-refractivity contribution >= 4 is 23.2 Å². The SMILES string of the molecule is Cc1nn(C)cc1CN(C)CC(=O)Nc1cccnc1Cl. The lowest BCUT2D eigenvalue weighted by atomic mass is 10.2. The lowest BCUT2D eigenvalue weighted by Crippen LogP contribution is -2.30. The number of aryl methyl sites for hydroxylation is 2. The van der Waals surface area contributed by atoms with Gasteiger partial charge in [0.25, 0.3) is 0 Å². The van der Waals surface area contributed by atoms with Crippen LogP contribution in [0.4, 0.5) is 5.69 Å². The molecule has 0 aromatic carbocycles. The van der Waals surface area contributed by atoms with Crippen molar-refractivity contribution < 1.29 is 4.79 Å². The van der Waals surface area contributed by atoms with Gasteiger partial charge in [-0.1, -0.05) is 11.6 Å². The highest BCUT2D eigenvalue weighted by molar-refractivity contribution is 6.32. The van der Waals surface area contributed by atoms with Crippen LogP contribution in [0.25, 0.3) is 0 Å². The van der Waals surface area contributed by atoms with Crippen molar-refractivity contribution in [2.45, 2.75) is 13.5 Å². The minimum Gasteiger partial charge on any atom is -0.322 e. The summed E-state index contributed by atoms with van der Waals surface area (Å²) in [6, 6.07) is 3.45. The van der Waals surface area contributed by atoms with Gasteiger partial charge in [-0.25, -0.2) is 4.98 Å². The number of likely N-dealkylation sites (N-methyl/N-ethyl adjacent to an activating group) is 1. The van der Waals surface area contributed by atoms with Gasteiger partial charge in [0, 0.05) is 31.5 Å². The van der Waals surface area contributed by atoms with Crippen molar-refractivity contribution in [1.29, 1.82) is 0 Å². The van der Waals surface area contributed by atoms with E-state index in [9.17, 15) is 4.79 Å². The van der Waals surface area contributed by atoms with E-state index in [1.165, 1.54) is 0 Å². The number of pyridine rings is 1. The molecule has 0 bridgehead atoms. The van der Waals surface area contributed by atoms with Crippen LogP contribution in [0.2, 0.25) is 5.15 Å². The second kappa shape index (κ2) is 6.69. The standard InChI is InChI=1S/C14H18ClN5O/c1-10-11(8-20(3)18-10)7-19(2)9-13(21)17-12-5-4-6-16-14(12)15/h4-6,8H,7,9H2,1-3H3,(H,17,21). The molecular weight excluding hydrogens is 290 g/mol. The zero-order valence-electron chi connectivity index (χ0n) is 12.3. The Balaban J connectivity index is 1.90. The van der Waals surface area contributed by atoms with Crippen LogP contribution in [0.1, 0.15) is 11.3 Å². The Kier molecular flexibility index (Phi) is 4.93. The monoisotopic (exact) mass is 307 g/mol. The Bertz CT molecular complexity index is 640. The fourth-order valence-corrected chi connectivity index (χ4v) is 2.23. The first-order chi connectivity index (χ1) is 9.95. The summed E-state index contributed by atoms with van der Waals surface area (Å²) in [5, 5.41) is 7.33. The summed E-state index contributed by atoms with van der Waals surface area (Å²) in [7, 11) is 3.77. The molecule has 0 saturated carbocycles. The first kappa shape index (κ1) is 15.5. The number of anilines is 1. The van der Waals surface area contributed by atoms with Gasteiger partial charge in [0.15, 0.2) is 5.15 Å². The molecule has 1 amide bonds. The number of hydrogen-bond donors (Lipinski definition) is 1. The normalized spacial score (nSPS) is 10.9. The molecule has 0 saturated heterocycles. The van der Waals surface area contributed by atoms with Gasteiger partial charge >= 0.3 is 0 Å². The van der Waals surface area contributed by atoms with Crippen LogP contribution < -0.4 is 5.32 Å². The summed E-state index contributed by atoms with van der Waals surface area (Å²) in [4.78, 5) is 17.8. The van der Waals surface area contributed by atoms with Crippen LogP contribution in [-0.4, -0.2) is 39.2 Å². The van der Waals surface area contributed by atoms with E-state index in [2.05, 4.69) is 15.4 Å². The average molecular weight is 308 g/mol. The molecule has 0 aliphatic carbocycles. The van der Waals surface area contributed by atoms with Gasteiger partial charge in [0.1, 0.15) is 0 Å². The molecule has 7 heteroatoms. The Morgan fingerprint density at radius 2 is 2.29 bits per heavy atom. The molecule has 6 nitrogen and oxygen atoms in total. The van der Waals surface area contributed by atoms with E-state index in [4.69, 9.17) is 11.6 Å². The fraction of sp³-hybridized carbons (Fsp3) is 0.357. The highest BCUT2D eigenvalue weighted by Crippen LogP contribution is 2.17. The van der Waals surface area contributed by atoms with Gasteiger partial charge in [0.05, 0.1) is 17.9 Å². The Labute approximate surface area is 128 Å². The maximum Gasteiger partial charge on any atom is 0.238 e. The van der Waals surface area contributed by atoms with E-state index in [0.29, 0.717) is 12.2 Å². The average Bonchev–Trinajstić information content (AvgIpc) is 2.70. The Morgan fingerprint density at radius 1 is 1.52 bits per heavy atom. The maximum atomic E-state index is 12.0. The smallest absolute Gasteiger partial charge is 0.238 e. The van der Waals surface area contributed by atoms with Crippen molar-refractivity contribution in [3.63, 3.8) is 0 Å². The molecule has 2 heterocycles. The summed E-state index contributed by atoms with van der Waals surface area (Å²) in [6.07, 6.45) is 3.54. The van der Waals surface area contributed by atoms with E-state index in [1.54, 1.807) is 23.0 Å². The number of rotatable bonds is 5. The van der Waals surface area contributed by atoms with Crippen LogP contribution in [-0.2, 0) is 18.4 Å². The predicted octanol–water partition coefficient (Wildman–Crippen LogP) is 1.85. The summed E-state index contributed by atoms with van der Waals surface area (Å²) in [6.45, 7) is 2.88. The number of hydrogen-bond acceptors (Lipinski definition) is 4. The molecule has 2 aromatic heterocycles. The minimum atomic E-state index is -0.131. The van der Waals surface area contributed by atoms with Crippen LogP contribution in [0.15, 0.2) is 24.5 Å².